The van der Waals surface area contributed by atoms with Gasteiger partial charge in [-0.1, -0.05) is 36.4 Å². The van der Waals surface area contributed by atoms with Crippen molar-refractivity contribution in [2.75, 3.05) is 11.4 Å². The van der Waals surface area contributed by atoms with Gasteiger partial charge in [0.1, 0.15) is 0 Å². The highest BCUT2D eigenvalue weighted by atomic mass is 32.2. The van der Waals surface area contributed by atoms with Crippen molar-refractivity contribution in [1.82, 2.24) is 15.0 Å². The van der Waals surface area contributed by atoms with Crippen LogP contribution in [0.2, 0.25) is 0 Å². The molecule has 4 rings (SSSR count). The number of amides is 1. The smallest absolute Gasteiger partial charge is 0.280 e. The molecule has 1 amide bonds. The molecule has 0 unspecified atom stereocenters. The molecule has 126 valence electrons. The van der Waals surface area contributed by atoms with Crippen LogP contribution >= 0.6 is 11.8 Å². The lowest BCUT2D eigenvalue weighted by Gasteiger charge is -2.32. The zero-order valence-electron chi connectivity index (χ0n) is 14.1. The molecule has 0 saturated heterocycles. The summed E-state index contributed by atoms with van der Waals surface area (Å²) in [6.07, 6.45) is 1.70. The van der Waals surface area contributed by atoms with E-state index in [-0.39, 0.29) is 5.91 Å². The molecule has 2 aromatic carbocycles. The Morgan fingerprint density at radius 3 is 2.88 bits per heavy atom. The molecule has 1 aliphatic heterocycles. The van der Waals surface area contributed by atoms with Crippen molar-refractivity contribution < 1.29 is 4.79 Å². The number of para-hydroxylation sites is 1. The summed E-state index contributed by atoms with van der Waals surface area (Å²) in [6, 6.07) is 15.9. The first-order valence-corrected chi connectivity index (χ1v) is 9.07. The highest BCUT2D eigenvalue weighted by Crippen LogP contribution is 2.38. The molecule has 0 bridgehead atoms. The van der Waals surface area contributed by atoms with E-state index in [1.54, 1.807) is 27.5 Å². The van der Waals surface area contributed by atoms with Crippen molar-refractivity contribution in [1.29, 1.82) is 0 Å². The lowest BCUT2D eigenvalue weighted by Crippen LogP contribution is -2.38. The van der Waals surface area contributed by atoms with Crippen LogP contribution in [0.1, 0.15) is 23.0 Å². The van der Waals surface area contributed by atoms with E-state index in [2.05, 4.69) is 23.3 Å². The molecule has 0 fully saturated rings. The molecule has 0 radical (unpaired) electrons. The summed E-state index contributed by atoms with van der Waals surface area (Å²) in [5, 5.41) is 8.58. The summed E-state index contributed by atoms with van der Waals surface area (Å²) in [5.74, 6) is -0.112. The van der Waals surface area contributed by atoms with Gasteiger partial charge in [-0.15, -0.1) is 16.9 Å². The molecular weight excluding hydrogens is 332 g/mol. The van der Waals surface area contributed by atoms with E-state index < -0.39 is 0 Å². The standard InChI is InChI=1S/C19H18N4OS/c1-13-6-5-7-15(10-13)23-12-16(20-21-23)19(24)22-11-14(2)25-18-9-4-3-8-17(18)22/h3-10,12,14H,11H2,1-2H3/t14-/m0/s1. The van der Waals surface area contributed by atoms with Gasteiger partial charge in [-0.25, -0.2) is 4.68 Å². The topological polar surface area (TPSA) is 51.0 Å². The number of fused-ring (bicyclic) bond motifs is 1. The number of carbonyl (C=O) groups is 1. The second-order valence-electron chi connectivity index (χ2n) is 6.20. The molecule has 1 aliphatic rings. The van der Waals surface area contributed by atoms with Crippen molar-refractivity contribution in [3.8, 4) is 5.69 Å². The Hall–Kier alpha value is -2.60. The summed E-state index contributed by atoms with van der Waals surface area (Å²) in [7, 11) is 0. The largest absolute Gasteiger partial charge is 0.305 e. The number of carbonyl (C=O) groups excluding carboxylic acids is 1. The van der Waals surface area contributed by atoms with E-state index in [1.165, 1.54) is 0 Å². The van der Waals surface area contributed by atoms with Gasteiger partial charge in [-0.05, 0) is 36.8 Å². The number of anilines is 1. The minimum atomic E-state index is -0.112. The second-order valence-corrected chi connectivity index (χ2v) is 7.68. The minimum Gasteiger partial charge on any atom is -0.305 e. The summed E-state index contributed by atoms with van der Waals surface area (Å²) < 4.78 is 1.65. The Balaban J connectivity index is 1.66. The van der Waals surface area contributed by atoms with E-state index in [1.807, 2.05) is 49.4 Å². The molecule has 0 spiro atoms. The maximum absolute atomic E-state index is 13.0. The summed E-state index contributed by atoms with van der Waals surface area (Å²) in [5.41, 5.74) is 3.34. The lowest BCUT2D eigenvalue weighted by molar-refractivity contribution is 0.0981. The lowest BCUT2D eigenvalue weighted by atomic mass is 10.2. The average Bonchev–Trinajstić information content (AvgIpc) is 3.10. The quantitative estimate of drug-likeness (QED) is 0.707. The van der Waals surface area contributed by atoms with Gasteiger partial charge in [0.25, 0.3) is 5.91 Å². The van der Waals surface area contributed by atoms with E-state index >= 15 is 0 Å². The molecule has 6 heteroatoms. The van der Waals surface area contributed by atoms with Crippen molar-refractivity contribution in [2.24, 2.45) is 0 Å². The first-order chi connectivity index (χ1) is 12.1. The molecular formula is C19H18N4OS. The van der Waals surface area contributed by atoms with E-state index in [0.717, 1.165) is 21.8 Å². The van der Waals surface area contributed by atoms with Crippen molar-refractivity contribution in [3.63, 3.8) is 0 Å². The molecule has 0 N–H and O–H groups in total. The number of hydrogen-bond acceptors (Lipinski definition) is 4. The molecule has 1 atom stereocenters. The Morgan fingerprint density at radius 1 is 1.20 bits per heavy atom. The van der Waals surface area contributed by atoms with Gasteiger partial charge in [-0.3, -0.25) is 4.79 Å². The highest BCUT2D eigenvalue weighted by Gasteiger charge is 2.29. The molecule has 1 aromatic heterocycles. The Bertz CT molecular complexity index is 936. The Labute approximate surface area is 150 Å². The van der Waals surface area contributed by atoms with Crippen LogP contribution in [0.15, 0.2) is 59.6 Å². The Morgan fingerprint density at radius 2 is 2.04 bits per heavy atom. The van der Waals surface area contributed by atoms with E-state index in [0.29, 0.717) is 17.5 Å². The van der Waals surface area contributed by atoms with Gasteiger partial charge in [0.05, 0.1) is 17.6 Å². The van der Waals surface area contributed by atoms with Crippen LogP contribution in [0.4, 0.5) is 5.69 Å². The van der Waals surface area contributed by atoms with Crippen molar-refractivity contribution in [3.05, 3.63) is 66.0 Å². The van der Waals surface area contributed by atoms with Crippen LogP contribution in [0.3, 0.4) is 0 Å². The average molecular weight is 350 g/mol. The first-order valence-electron chi connectivity index (χ1n) is 8.19. The Kier molecular flexibility index (Phi) is 4.05. The van der Waals surface area contributed by atoms with Gasteiger partial charge < -0.3 is 4.90 Å². The third kappa shape index (κ3) is 3.05. The maximum atomic E-state index is 13.0. The normalized spacial score (nSPS) is 16.6. The fraction of sp³-hybridized carbons (Fsp3) is 0.211. The van der Waals surface area contributed by atoms with Crippen LogP contribution in [0.5, 0.6) is 0 Å². The van der Waals surface area contributed by atoms with Gasteiger partial charge in [-0.2, -0.15) is 0 Å². The summed E-state index contributed by atoms with van der Waals surface area (Å²) in [4.78, 5) is 16.0. The molecule has 2 heterocycles. The van der Waals surface area contributed by atoms with E-state index in [4.69, 9.17) is 0 Å². The molecule has 0 aliphatic carbocycles. The minimum absolute atomic E-state index is 0.112. The van der Waals surface area contributed by atoms with Gasteiger partial charge in [0.2, 0.25) is 0 Å². The van der Waals surface area contributed by atoms with Crippen LogP contribution in [-0.4, -0.2) is 32.7 Å². The van der Waals surface area contributed by atoms with Gasteiger partial charge in [0.15, 0.2) is 5.69 Å². The number of nitrogens with zero attached hydrogens (tertiary/aromatic N) is 4. The summed E-state index contributed by atoms with van der Waals surface area (Å²) in [6.45, 7) is 4.82. The fourth-order valence-corrected chi connectivity index (χ4v) is 4.09. The third-order valence-electron chi connectivity index (χ3n) is 4.15. The number of benzene rings is 2. The molecule has 5 nitrogen and oxygen atoms in total. The number of hydrogen-bond donors (Lipinski definition) is 0. The third-order valence-corrected chi connectivity index (χ3v) is 5.30. The van der Waals surface area contributed by atoms with Crippen molar-refractivity contribution >= 4 is 23.4 Å². The predicted octanol–water partition coefficient (Wildman–Crippen LogP) is 3.72. The van der Waals surface area contributed by atoms with Crippen molar-refractivity contribution in [2.45, 2.75) is 24.0 Å². The van der Waals surface area contributed by atoms with Crippen LogP contribution < -0.4 is 4.90 Å². The van der Waals surface area contributed by atoms with E-state index in [9.17, 15) is 4.79 Å². The summed E-state index contributed by atoms with van der Waals surface area (Å²) >= 11 is 1.80. The molecule has 3 aromatic rings. The number of thioether (sulfide) groups is 1. The number of aryl methyl sites for hydroxylation is 1. The highest BCUT2D eigenvalue weighted by molar-refractivity contribution is 8.00. The van der Waals surface area contributed by atoms with Gasteiger partial charge in [0, 0.05) is 16.7 Å². The number of aromatic nitrogens is 3. The van der Waals surface area contributed by atoms with Gasteiger partial charge >= 0.3 is 0 Å². The second kappa shape index (κ2) is 6.37. The zero-order chi connectivity index (χ0) is 17.4. The first kappa shape index (κ1) is 15.9. The zero-order valence-corrected chi connectivity index (χ0v) is 14.9. The fourth-order valence-electron chi connectivity index (χ4n) is 2.98. The van der Waals surface area contributed by atoms with Crippen LogP contribution in [0, 0.1) is 6.92 Å². The SMILES string of the molecule is Cc1cccc(-n2cc(C(=O)N3C[C@H](C)Sc4ccccc43)nn2)c1. The maximum Gasteiger partial charge on any atom is 0.280 e. The molecule has 25 heavy (non-hydrogen) atoms. The predicted molar refractivity (Wildman–Crippen MR) is 99.5 cm³/mol. The molecule has 0 saturated carbocycles. The van der Waals surface area contributed by atoms with Crippen LogP contribution in [0.25, 0.3) is 5.69 Å². The van der Waals surface area contributed by atoms with Crippen LogP contribution in [-0.2, 0) is 0 Å². The monoisotopic (exact) mass is 350 g/mol. The number of rotatable bonds is 2.